The zero-order chi connectivity index (χ0) is 14.8. The second-order valence-corrected chi connectivity index (χ2v) is 6.34. The lowest BCUT2D eigenvalue weighted by Gasteiger charge is -2.35. The molecular weight excluding hydrogens is 256 g/mol. The summed E-state index contributed by atoms with van der Waals surface area (Å²) in [5.41, 5.74) is 0.0506. The standard InChI is InChI=1S/C15H26N2O3/c1-3-16-14(20)13(11(2)18)17-10-15(9-12(17)19)7-5-4-6-8-15/h11,13,18H,3-10H2,1-2H3,(H,16,20)/t11-,13+/m1/s1. The topological polar surface area (TPSA) is 69.6 Å². The van der Waals surface area contributed by atoms with Gasteiger partial charge in [0.15, 0.2) is 0 Å². The number of carbonyl (C=O) groups is 2. The van der Waals surface area contributed by atoms with E-state index in [1.54, 1.807) is 11.8 Å². The van der Waals surface area contributed by atoms with E-state index in [2.05, 4.69) is 5.32 Å². The van der Waals surface area contributed by atoms with Gasteiger partial charge in [-0.25, -0.2) is 0 Å². The summed E-state index contributed by atoms with van der Waals surface area (Å²) in [6, 6.07) is -0.747. The number of hydrogen-bond donors (Lipinski definition) is 2. The van der Waals surface area contributed by atoms with Crippen LogP contribution in [0.5, 0.6) is 0 Å². The lowest BCUT2D eigenvalue weighted by molar-refractivity contribution is -0.141. The molecule has 5 heteroatoms. The van der Waals surface area contributed by atoms with E-state index >= 15 is 0 Å². The smallest absolute Gasteiger partial charge is 0.245 e. The van der Waals surface area contributed by atoms with Gasteiger partial charge in [-0.05, 0) is 32.1 Å². The number of likely N-dealkylation sites (tertiary alicyclic amines) is 1. The summed E-state index contributed by atoms with van der Waals surface area (Å²) in [4.78, 5) is 26.1. The largest absolute Gasteiger partial charge is 0.391 e. The summed E-state index contributed by atoms with van der Waals surface area (Å²) in [5, 5.41) is 12.6. The number of rotatable bonds is 4. The van der Waals surface area contributed by atoms with E-state index in [1.807, 2.05) is 6.92 Å². The highest BCUT2D eigenvalue weighted by molar-refractivity contribution is 5.89. The highest BCUT2D eigenvalue weighted by Crippen LogP contribution is 2.44. The van der Waals surface area contributed by atoms with Crippen molar-refractivity contribution in [3.05, 3.63) is 0 Å². The molecule has 1 heterocycles. The molecule has 0 bridgehead atoms. The zero-order valence-electron chi connectivity index (χ0n) is 12.5. The van der Waals surface area contributed by atoms with Crippen LogP contribution in [0.4, 0.5) is 0 Å². The molecular formula is C15H26N2O3. The van der Waals surface area contributed by atoms with Crippen molar-refractivity contribution in [2.24, 2.45) is 5.41 Å². The first-order valence-corrected chi connectivity index (χ1v) is 7.74. The molecule has 0 aromatic carbocycles. The molecule has 1 aliphatic carbocycles. The number of nitrogens with one attached hydrogen (secondary N) is 1. The average molecular weight is 282 g/mol. The number of carbonyl (C=O) groups excluding carboxylic acids is 2. The van der Waals surface area contributed by atoms with Gasteiger partial charge < -0.3 is 15.3 Å². The van der Waals surface area contributed by atoms with Crippen molar-refractivity contribution in [2.45, 2.75) is 64.5 Å². The second kappa shape index (κ2) is 6.12. The summed E-state index contributed by atoms with van der Waals surface area (Å²) in [5.74, 6) is -0.229. The Morgan fingerprint density at radius 3 is 2.60 bits per heavy atom. The number of aliphatic hydroxyl groups excluding tert-OH is 1. The van der Waals surface area contributed by atoms with Gasteiger partial charge in [0.05, 0.1) is 6.10 Å². The number of likely N-dealkylation sites (N-methyl/N-ethyl adjacent to an activating group) is 1. The summed E-state index contributed by atoms with van der Waals surface area (Å²) in [7, 11) is 0. The Bertz CT molecular complexity index is 375. The van der Waals surface area contributed by atoms with E-state index in [-0.39, 0.29) is 17.2 Å². The summed E-state index contributed by atoms with van der Waals surface area (Å²) in [6.07, 6.45) is 5.41. The van der Waals surface area contributed by atoms with Crippen LogP contribution in [0.15, 0.2) is 0 Å². The summed E-state index contributed by atoms with van der Waals surface area (Å²) >= 11 is 0. The van der Waals surface area contributed by atoms with Crippen LogP contribution in [0.2, 0.25) is 0 Å². The highest BCUT2D eigenvalue weighted by atomic mass is 16.3. The highest BCUT2D eigenvalue weighted by Gasteiger charge is 2.48. The van der Waals surface area contributed by atoms with Crippen LogP contribution in [0, 0.1) is 5.41 Å². The van der Waals surface area contributed by atoms with Gasteiger partial charge in [0.2, 0.25) is 11.8 Å². The van der Waals surface area contributed by atoms with Crippen molar-refractivity contribution in [3.8, 4) is 0 Å². The maximum atomic E-state index is 12.3. The predicted octanol–water partition coefficient (Wildman–Crippen LogP) is 1.05. The van der Waals surface area contributed by atoms with Crippen molar-refractivity contribution in [3.63, 3.8) is 0 Å². The van der Waals surface area contributed by atoms with Crippen LogP contribution < -0.4 is 5.32 Å². The van der Waals surface area contributed by atoms with Gasteiger partial charge in [-0.1, -0.05) is 19.3 Å². The molecule has 5 nitrogen and oxygen atoms in total. The first kappa shape index (κ1) is 15.3. The fourth-order valence-electron chi connectivity index (χ4n) is 3.72. The fourth-order valence-corrected chi connectivity index (χ4v) is 3.72. The molecule has 1 saturated heterocycles. The molecule has 20 heavy (non-hydrogen) atoms. The van der Waals surface area contributed by atoms with Crippen molar-refractivity contribution in [2.75, 3.05) is 13.1 Å². The second-order valence-electron chi connectivity index (χ2n) is 6.34. The Hall–Kier alpha value is -1.10. The van der Waals surface area contributed by atoms with Gasteiger partial charge in [-0.15, -0.1) is 0 Å². The van der Waals surface area contributed by atoms with Crippen LogP contribution in [0.3, 0.4) is 0 Å². The van der Waals surface area contributed by atoms with E-state index in [9.17, 15) is 14.7 Å². The van der Waals surface area contributed by atoms with Gasteiger partial charge in [-0.2, -0.15) is 0 Å². The third kappa shape index (κ3) is 2.97. The summed E-state index contributed by atoms with van der Waals surface area (Å²) in [6.45, 7) is 4.55. The first-order valence-electron chi connectivity index (χ1n) is 7.74. The van der Waals surface area contributed by atoms with E-state index < -0.39 is 12.1 Å². The van der Waals surface area contributed by atoms with Gasteiger partial charge >= 0.3 is 0 Å². The van der Waals surface area contributed by atoms with Crippen LogP contribution in [0.25, 0.3) is 0 Å². The van der Waals surface area contributed by atoms with Crippen molar-refractivity contribution < 1.29 is 14.7 Å². The fraction of sp³-hybridized carbons (Fsp3) is 0.867. The number of amides is 2. The van der Waals surface area contributed by atoms with Crippen LogP contribution in [0.1, 0.15) is 52.4 Å². The SMILES string of the molecule is CCNC(=O)[C@H]([C@@H](C)O)N1CC2(CCCCC2)CC1=O. The Labute approximate surface area is 120 Å². The normalized spacial score (nSPS) is 24.8. The molecule has 2 aliphatic rings. The Morgan fingerprint density at radius 1 is 1.40 bits per heavy atom. The molecule has 1 aliphatic heterocycles. The Balaban J connectivity index is 2.13. The van der Waals surface area contributed by atoms with Crippen molar-refractivity contribution >= 4 is 11.8 Å². The van der Waals surface area contributed by atoms with Gasteiger partial charge in [0, 0.05) is 19.5 Å². The van der Waals surface area contributed by atoms with E-state index in [0.29, 0.717) is 19.5 Å². The van der Waals surface area contributed by atoms with Gasteiger partial charge in [0.1, 0.15) is 6.04 Å². The molecule has 2 fully saturated rings. The average Bonchev–Trinajstić information content (AvgIpc) is 2.67. The first-order chi connectivity index (χ1) is 9.49. The molecule has 0 aromatic heterocycles. The maximum absolute atomic E-state index is 12.3. The van der Waals surface area contributed by atoms with Crippen LogP contribution >= 0.6 is 0 Å². The minimum atomic E-state index is -0.843. The minimum absolute atomic E-state index is 0.0176. The molecule has 114 valence electrons. The molecule has 2 amide bonds. The van der Waals surface area contributed by atoms with Crippen molar-refractivity contribution in [1.82, 2.24) is 10.2 Å². The lowest BCUT2D eigenvalue weighted by Crippen LogP contribution is -2.53. The molecule has 2 N–H and O–H groups in total. The molecule has 1 saturated carbocycles. The summed E-state index contributed by atoms with van der Waals surface area (Å²) < 4.78 is 0. The van der Waals surface area contributed by atoms with Crippen LogP contribution in [-0.2, 0) is 9.59 Å². The van der Waals surface area contributed by atoms with Crippen molar-refractivity contribution in [1.29, 1.82) is 0 Å². The predicted molar refractivity (Wildman–Crippen MR) is 76.0 cm³/mol. The van der Waals surface area contributed by atoms with E-state index in [0.717, 1.165) is 12.8 Å². The molecule has 2 rings (SSSR count). The van der Waals surface area contributed by atoms with Crippen LogP contribution in [-0.4, -0.2) is 47.1 Å². The number of aliphatic hydroxyl groups is 1. The molecule has 0 radical (unpaired) electrons. The van der Waals surface area contributed by atoms with E-state index in [1.165, 1.54) is 19.3 Å². The number of hydrogen-bond acceptors (Lipinski definition) is 3. The molecule has 0 aromatic rings. The Kier molecular flexibility index (Phi) is 4.68. The molecule has 0 unspecified atom stereocenters. The lowest BCUT2D eigenvalue weighted by atomic mass is 9.73. The molecule has 1 spiro atoms. The quantitative estimate of drug-likeness (QED) is 0.810. The van der Waals surface area contributed by atoms with Gasteiger partial charge in [0.25, 0.3) is 0 Å². The third-order valence-corrected chi connectivity index (χ3v) is 4.68. The van der Waals surface area contributed by atoms with Gasteiger partial charge in [-0.3, -0.25) is 9.59 Å². The van der Waals surface area contributed by atoms with E-state index in [4.69, 9.17) is 0 Å². The molecule has 2 atom stereocenters. The zero-order valence-corrected chi connectivity index (χ0v) is 12.5. The minimum Gasteiger partial charge on any atom is -0.391 e. The Morgan fingerprint density at radius 2 is 2.05 bits per heavy atom. The third-order valence-electron chi connectivity index (χ3n) is 4.68. The maximum Gasteiger partial charge on any atom is 0.245 e. The monoisotopic (exact) mass is 282 g/mol. The number of nitrogens with zero attached hydrogens (tertiary/aromatic N) is 1.